The third-order valence-electron chi connectivity index (χ3n) is 4.35. The summed E-state index contributed by atoms with van der Waals surface area (Å²) in [5.41, 5.74) is 0.213. The van der Waals surface area contributed by atoms with E-state index in [1.54, 1.807) is 13.8 Å². The lowest BCUT2D eigenvalue weighted by molar-refractivity contribution is -0.236. The van der Waals surface area contributed by atoms with Crippen LogP contribution in [0.2, 0.25) is 0 Å². The molecule has 1 saturated carbocycles. The first-order valence-electron chi connectivity index (χ1n) is 7.94. The maximum Gasteiger partial charge on any atom is 0.526 e. The van der Waals surface area contributed by atoms with Crippen LogP contribution in [-0.4, -0.2) is 30.0 Å². The zero-order valence-corrected chi connectivity index (χ0v) is 14.3. The molecule has 1 aromatic rings. The largest absolute Gasteiger partial charge is 0.526 e. The molecule has 0 atom stereocenters. The molecule has 22 heavy (non-hydrogen) atoms. The van der Waals surface area contributed by atoms with Crippen LogP contribution < -0.4 is 5.46 Å². The summed E-state index contributed by atoms with van der Waals surface area (Å²) in [6, 6.07) is 7.93. The van der Waals surface area contributed by atoms with Crippen molar-refractivity contribution in [1.82, 2.24) is 0 Å². The van der Waals surface area contributed by atoms with Gasteiger partial charge >= 0.3 is 7.12 Å². The maximum atomic E-state index is 10.3. The number of rotatable bonds is 8. The van der Waals surface area contributed by atoms with Crippen molar-refractivity contribution in [2.24, 2.45) is 5.92 Å². The van der Waals surface area contributed by atoms with Gasteiger partial charge in [-0.2, -0.15) is 0 Å². The summed E-state index contributed by atoms with van der Waals surface area (Å²) >= 11 is 0. The van der Waals surface area contributed by atoms with Gasteiger partial charge in [-0.25, -0.2) is 4.89 Å². The average molecular weight is 306 g/mol. The number of hydrogen-bond acceptors (Lipinski definition) is 4. The van der Waals surface area contributed by atoms with Crippen molar-refractivity contribution in [2.75, 3.05) is 6.61 Å². The standard InChI is InChI=1S/C17H27BO4/c1-13-7-6-8-15(11-13)18(22-20-12-14-9-10-14)21-17(4,5)16(2,3)19/h6-8,11,14,19H,9-10,12H2,1-5H3. The van der Waals surface area contributed by atoms with Gasteiger partial charge in [0.1, 0.15) is 0 Å². The number of hydrogen-bond donors (Lipinski definition) is 1. The van der Waals surface area contributed by atoms with E-state index >= 15 is 0 Å². The number of aryl methyl sites for hydroxylation is 1. The molecule has 0 spiro atoms. The minimum atomic E-state index is -1.01. The summed E-state index contributed by atoms with van der Waals surface area (Å²) in [7, 11) is -0.667. The molecule has 1 aromatic carbocycles. The molecule has 4 nitrogen and oxygen atoms in total. The summed E-state index contributed by atoms with van der Waals surface area (Å²) in [4.78, 5) is 10.9. The summed E-state index contributed by atoms with van der Waals surface area (Å²) in [6.45, 7) is 9.76. The first-order chi connectivity index (χ1) is 10.2. The normalized spacial score (nSPS) is 15.9. The first kappa shape index (κ1) is 17.5. The van der Waals surface area contributed by atoms with Crippen molar-refractivity contribution in [2.45, 2.75) is 58.7 Å². The maximum absolute atomic E-state index is 10.3. The van der Waals surface area contributed by atoms with Gasteiger partial charge in [0.15, 0.2) is 0 Å². The van der Waals surface area contributed by atoms with Gasteiger partial charge in [0.05, 0.1) is 17.8 Å². The van der Waals surface area contributed by atoms with E-state index in [0.29, 0.717) is 12.5 Å². The molecule has 0 unspecified atom stereocenters. The Morgan fingerprint density at radius 3 is 2.45 bits per heavy atom. The van der Waals surface area contributed by atoms with E-state index in [0.717, 1.165) is 11.0 Å². The molecular weight excluding hydrogens is 279 g/mol. The summed E-state index contributed by atoms with van der Waals surface area (Å²) in [5, 5.41) is 10.3. The zero-order chi connectivity index (χ0) is 16.4. The molecule has 1 aliphatic carbocycles. The molecule has 0 aromatic heterocycles. The SMILES string of the molecule is Cc1cccc(B(OOCC2CC2)OC(C)(C)C(C)(C)O)c1. The van der Waals surface area contributed by atoms with E-state index in [1.165, 1.54) is 12.8 Å². The molecule has 122 valence electrons. The van der Waals surface area contributed by atoms with Crippen LogP contribution in [0.25, 0.3) is 0 Å². The van der Waals surface area contributed by atoms with Gasteiger partial charge in [-0.1, -0.05) is 29.8 Å². The molecule has 1 fully saturated rings. The van der Waals surface area contributed by atoms with Crippen molar-refractivity contribution in [1.29, 1.82) is 0 Å². The van der Waals surface area contributed by atoms with Gasteiger partial charge in [-0.15, -0.1) is 0 Å². The van der Waals surface area contributed by atoms with Crippen molar-refractivity contribution in [3.63, 3.8) is 0 Å². The number of benzene rings is 1. The summed E-state index contributed by atoms with van der Waals surface area (Å²) in [6.07, 6.45) is 2.41. The van der Waals surface area contributed by atoms with E-state index in [-0.39, 0.29) is 0 Å². The van der Waals surface area contributed by atoms with Crippen LogP contribution in [0.1, 0.15) is 46.1 Å². The third kappa shape index (κ3) is 4.81. The quantitative estimate of drug-likeness (QED) is 0.456. The van der Waals surface area contributed by atoms with Crippen LogP contribution >= 0.6 is 0 Å². The molecule has 1 N–H and O–H groups in total. The highest BCUT2D eigenvalue weighted by Gasteiger charge is 2.41. The molecule has 0 aliphatic heterocycles. The Hall–Kier alpha value is -0.875. The molecule has 0 heterocycles. The van der Waals surface area contributed by atoms with Crippen LogP contribution in [0.4, 0.5) is 0 Å². The Labute approximate surface area is 133 Å². The monoisotopic (exact) mass is 306 g/mol. The summed E-state index contributed by atoms with van der Waals surface area (Å²) < 4.78 is 6.05. The predicted molar refractivity (Wildman–Crippen MR) is 87.8 cm³/mol. The predicted octanol–water partition coefficient (Wildman–Crippen LogP) is 2.61. The molecule has 0 radical (unpaired) electrons. The van der Waals surface area contributed by atoms with Crippen LogP contribution in [0, 0.1) is 12.8 Å². The topological polar surface area (TPSA) is 47.9 Å². The van der Waals surface area contributed by atoms with Crippen molar-refractivity contribution >= 4 is 12.6 Å². The second-order valence-electron chi connectivity index (χ2n) is 7.26. The van der Waals surface area contributed by atoms with Gasteiger partial charge in [-0.3, -0.25) is 4.81 Å². The smallest absolute Gasteiger partial charge is 0.398 e. The van der Waals surface area contributed by atoms with Crippen LogP contribution in [0.3, 0.4) is 0 Å². The van der Waals surface area contributed by atoms with Crippen molar-refractivity contribution < 1.29 is 19.5 Å². The fraction of sp³-hybridized carbons (Fsp3) is 0.647. The molecule has 0 amide bonds. The molecule has 2 rings (SSSR count). The Bertz CT molecular complexity index is 492. The van der Waals surface area contributed by atoms with E-state index in [9.17, 15) is 5.11 Å². The van der Waals surface area contributed by atoms with Crippen molar-refractivity contribution in [3.05, 3.63) is 29.8 Å². The molecule has 5 heteroatoms. The van der Waals surface area contributed by atoms with E-state index < -0.39 is 18.3 Å². The fourth-order valence-corrected chi connectivity index (χ4v) is 1.85. The van der Waals surface area contributed by atoms with E-state index in [1.807, 2.05) is 45.0 Å². The Kier molecular flexibility index (Phi) is 5.33. The second-order valence-corrected chi connectivity index (χ2v) is 7.26. The Morgan fingerprint density at radius 2 is 1.91 bits per heavy atom. The van der Waals surface area contributed by atoms with Gasteiger partial charge in [0.2, 0.25) is 0 Å². The highest BCUT2D eigenvalue weighted by Crippen LogP contribution is 2.29. The fourth-order valence-electron chi connectivity index (χ4n) is 1.85. The van der Waals surface area contributed by atoms with Gasteiger partial charge in [-0.05, 0) is 58.8 Å². The second kappa shape index (κ2) is 6.71. The minimum absolute atomic E-state index is 0.592. The van der Waals surface area contributed by atoms with Crippen LogP contribution in [0.5, 0.6) is 0 Å². The molecule has 1 aliphatic rings. The highest BCUT2D eigenvalue weighted by molar-refractivity contribution is 6.61. The third-order valence-corrected chi connectivity index (χ3v) is 4.35. The van der Waals surface area contributed by atoms with Gasteiger partial charge in [0, 0.05) is 0 Å². The van der Waals surface area contributed by atoms with Gasteiger partial charge < -0.3 is 9.76 Å². The lowest BCUT2D eigenvalue weighted by Gasteiger charge is -2.39. The molecule has 0 saturated heterocycles. The zero-order valence-electron chi connectivity index (χ0n) is 14.3. The highest BCUT2D eigenvalue weighted by atomic mass is 17.2. The van der Waals surface area contributed by atoms with Crippen LogP contribution in [0.15, 0.2) is 24.3 Å². The van der Waals surface area contributed by atoms with Crippen LogP contribution in [-0.2, 0) is 14.3 Å². The van der Waals surface area contributed by atoms with E-state index in [2.05, 4.69) is 0 Å². The molecule has 0 bridgehead atoms. The number of aliphatic hydroxyl groups is 1. The Balaban J connectivity index is 2.09. The van der Waals surface area contributed by atoms with E-state index in [4.69, 9.17) is 14.3 Å². The lowest BCUT2D eigenvalue weighted by atomic mass is 9.76. The first-order valence-corrected chi connectivity index (χ1v) is 7.94. The summed E-state index contributed by atoms with van der Waals surface area (Å²) in [5.74, 6) is 0.612. The Morgan fingerprint density at radius 1 is 1.23 bits per heavy atom. The van der Waals surface area contributed by atoms with Crippen molar-refractivity contribution in [3.8, 4) is 0 Å². The van der Waals surface area contributed by atoms with Gasteiger partial charge in [0.25, 0.3) is 0 Å². The average Bonchev–Trinajstić information content (AvgIpc) is 3.20. The molecular formula is C17H27BO4. The minimum Gasteiger partial charge on any atom is -0.398 e. The lowest BCUT2D eigenvalue weighted by Crippen LogP contribution is -2.54.